The van der Waals surface area contributed by atoms with Gasteiger partial charge in [0.1, 0.15) is 11.8 Å². The molecule has 0 fully saturated rings. The molecule has 0 aliphatic heterocycles. The fourth-order valence-electron chi connectivity index (χ4n) is 4.23. The van der Waals surface area contributed by atoms with E-state index < -0.39 is 12.0 Å². The second kappa shape index (κ2) is 20.3. The number of carbonyl (C=O) groups excluding carboxylic acids is 2. The highest BCUT2D eigenvalue weighted by Crippen LogP contribution is 2.15. The van der Waals surface area contributed by atoms with Crippen molar-refractivity contribution >= 4 is 11.9 Å². The normalized spacial score (nSPS) is 11.8. The summed E-state index contributed by atoms with van der Waals surface area (Å²) in [6.45, 7) is 4.30. The van der Waals surface area contributed by atoms with Crippen LogP contribution >= 0.6 is 0 Å². The molecular formula is C29H49NO4. The van der Waals surface area contributed by atoms with E-state index in [1.165, 1.54) is 83.5 Å². The molecule has 5 nitrogen and oxygen atoms in total. The van der Waals surface area contributed by atoms with Crippen LogP contribution in [0.1, 0.15) is 122 Å². The van der Waals surface area contributed by atoms with Crippen molar-refractivity contribution in [3.63, 3.8) is 0 Å². The Morgan fingerprint density at radius 3 is 1.71 bits per heavy atom. The van der Waals surface area contributed by atoms with Crippen LogP contribution in [-0.2, 0) is 20.7 Å². The Labute approximate surface area is 208 Å². The average molecular weight is 476 g/mol. The molecule has 1 atom stereocenters. The van der Waals surface area contributed by atoms with Gasteiger partial charge in [-0.15, -0.1) is 0 Å². The van der Waals surface area contributed by atoms with E-state index in [0.29, 0.717) is 12.8 Å². The van der Waals surface area contributed by atoms with E-state index in [9.17, 15) is 14.7 Å². The Morgan fingerprint density at radius 2 is 1.24 bits per heavy atom. The SMILES string of the molecule is CCCCCCCCCCCCCCCCCC(=O)NC(Cc1ccc(O)cc1)C(=O)OCC. The van der Waals surface area contributed by atoms with Crippen LogP contribution in [0.15, 0.2) is 24.3 Å². The van der Waals surface area contributed by atoms with Gasteiger partial charge >= 0.3 is 5.97 Å². The Kier molecular flexibility index (Phi) is 17.9. The van der Waals surface area contributed by atoms with Crippen molar-refractivity contribution in [2.45, 2.75) is 129 Å². The minimum Gasteiger partial charge on any atom is -0.508 e. The Morgan fingerprint density at radius 1 is 0.765 bits per heavy atom. The Bertz CT molecular complexity index is 644. The zero-order valence-corrected chi connectivity index (χ0v) is 21.8. The van der Waals surface area contributed by atoms with Crippen molar-refractivity contribution in [3.05, 3.63) is 29.8 Å². The highest BCUT2D eigenvalue weighted by molar-refractivity contribution is 5.84. The summed E-state index contributed by atoms with van der Waals surface area (Å²) >= 11 is 0. The molecule has 194 valence electrons. The maximum Gasteiger partial charge on any atom is 0.328 e. The van der Waals surface area contributed by atoms with Crippen molar-refractivity contribution in [1.82, 2.24) is 5.32 Å². The third kappa shape index (κ3) is 15.7. The molecule has 0 aromatic heterocycles. The number of phenols is 1. The molecule has 5 heteroatoms. The van der Waals surface area contributed by atoms with Gasteiger partial charge in [0.15, 0.2) is 0 Å². The summed E-state index contributed by atoms with van der Waals surface area (Å²) in [6, 6.07) is 5.96. The maximum atomic E-state index is 12.4. The van der Waals surface area contributed by atoms with E-state index in [2.05, 4.69) is 12.2 Å². The number of aromatic hydroxyl groups is 1. The smallest absolute Gasteiger partial charge is 0.328 e. The number of esters is 1. The van der Waals surface area contributed by atoms with Crippen LogP contribution in [0.3, 0.4) is 0 Å². The fourth-order valence-corrected chi connectivity index (χ4v) is 4.23. The van der Waals surface area contributed by atoms with Crippen LogP contribution in [0.25, 0.3) is 0 Å². The van der Waals surface area contributed by atoms with Gasteiger partial charge in [-0.1, -0.05) is 109 Å². The van der Waals surface area contributed by atoms with Crippen LogP contribution in [0.5, 0.6) is 5.75 Å². The average Bonchev–Trinajstić information content (AvgIpc) is 2.82. The van der Waals surface area contributed by atoms with E-state index in [4.69, 9.17) is 4.74 Å². The van der Waals surface area contributed by atoms with Crippen LogP contribution in [0.2, 0.25) is 0 Å². The fraction of sp³-hybridized carbons (Fsp3) is 0.724. The quantitative estimate of drug-likeness (QED) is 0.145. The standard InChI is InChI=1S/C29H49NO4/c1-3-5-6-7-8-9-10-11-12-13-14-15-16-17-18-19-28(32)30-27(29(33)34-4-2)24-25-20-22-26(31)23-21-25/h20-23,27,31H,3-19,24H2,1-2H3,(H,30,32). The van der Waals surface area contributed by atoms with Crippen molar-refractivity contribution in [1.29, 1.82) is 0 Å². The minimum absolute atomic E-state index is 0.105. The zero-order valence-electron chi connectivity index (χ0n) is 21.8. The minimum atomic E-state index is -0.701. The van der Waals surface area contributed by atoms with E-state index >= 15 is 0 Å². The van der Waals surface area contributed by atoms with Crippen LogP contribution in [-0.4, -0.2) is 29.6 Å². The lowest BCUT2D eigenvalue weighted by Crippen LogP contribution is -2.43. The molecule has 0 heterocycles. The van der Waals surface area contributed by atoms with E-state index in [-0.39, 0.29) is 18.3 Å². The molecule has 1 amide bonds. The molecule has 2 N–H and O–H groups in total. The van der Waals surface area contributed by atoms with E-state index in [0.717, 1.165) is 18.4 Å². The van der Waals surface area contributed by atoms with Crippen molar-refractivity contribution in [2.75, 3.05) is 6.61 Å². The molecule has 1 aromatic carbocycles. The number of benzene rings is 1. The van der Waals surface area contributed by atoms with Gasteiger partial charge in [-0.2, -0.15) is 0 Å². The van der Waals surface area contributed by atoms with Crippen molar-refractivity contribution in [2.24, 2.45) is 0 Å². The molecule has 0 aliphatic carbocycles. The van der Waals surface area contributed by atoms with Gasteiger partial charge in [-0.05, 0) is 31.0 Å². The predicted octanol–water partition coefficient (Wildman–Crippen LogP) is 7.24. The molecule has 1 rings (SSSR count). The van der Waals surface area contributed by atoms with Crippen LogP contribution in [0, 0.1) is 0 Å². The number of phenolic OH excluding ortho intramolecular Hbond substituents is 1. The van der Waals surface area contributed by atoms with Gasteiger partial charge in [0.05, 0.1) is 6.61 Å². The second-order valence-corrected chi connectivity index (χ2v) is 9.44. The summed E-state index contributed by atoms with van der Waals surface area (Å²) in [5.74, 6) is -0.347. The third-order valence-electron chi connectivity index (χ3n) is 6.29. The molecular weight excluding hydrogens is 426 g/mol. The highest BCUT2D eigenvalue weighted by Gasteiger charge is 2.22. The molecule has 0 saturated heterocycles. The van der Waals surface area contributed by atoms with Gasteiger partial charge in [0.2, 0.25) is 5.91 Å². The number of amides is 1. The Balaban J connectivity index is 2.09. The second-order valence-electron chi connectivity index (χ2n) is 9.44. The van der Waals surface area contributed by atoms with Crippen molar-refractivity contribution in [3.8, 4) is 5.75 Å². The van der Waals surface area contributed by atoms with Crippen LogP contribution < -0.4 is 5.32 Å². The highest BCUT2D eigenvalue weighted by atomic mass is 16.5. The molecule has 34 heavy (non-hydrogen) atoms. The zero-order chi connectivity index (χ0) is 24.9. The largest absolute Gasteiger partial charge is 0.508 e. The number of rotatable bonds is 21. The molecule has 0 aliphatic rings. The molecule has 1 unspecified atom stereocenters. The summed E-state index contributed by atoms with van der Waals surface area (Å²) in [7, 11) is 0. The number of nitrogens with one attached hydrogen (secondary N) is 1. The molecule has 0 radical (unpaired) electrons. The predicted molar refractivity (Wildman–Crippen MR) is 140 cm³/mol. The number of hydrogen-bond acceptors (Lipinski definition) is 4. The number of ether oxygens (including phenoxy) is 1. The lowest BCUT2D eigenvalue weighted by molar-refractivity contribution is -0.147. The lowest BCUT2D eigenvalue weighted by atomic mass is 10.0. The van der Waals surface area contributed by atoms with Gasteiger partial charge < -0.3 is 15.2 Å². The molecule has 0 saturated carbocycles. The first-order valence-corrected chi connectivity index (χ1v) is 13.8. The lowest BCUT2D eigenvalue weighted by Gasteiger charge is -2.17. The summed E-state index contributed by atoms with van der Waals surface area (Å²) in [4.78, 5) is 24.7. The first-order chi connectivity index (χ1) is 16.6. The van der Waals surface area contributed by atoms with Gasteiger partial charge in [-0.3, -0.25) is 4.79 Å². The summed E-state index contributed by atoms with van der Waals surface area (Å²) < 4.78 is 5.13. The van der Waals surface area contributed by atoms with Gasteiger partial charge in [0, 0.05) is 12.8 Å². The number of unbranched alkanes of at least 4 members (excludes halogenated alkanes) is 14. The first kappa shape index (κ1) is 30.0. The maximum absolute atomic E-state index is 12.4. The monoisotopic (exact) mass is 475 g/mol. The number of hydrogen-bond donors (Lipinski definition) is 2. The topological polar surface area (TPSA) is 75.6 Å². The molecule has 0 spiro atoms. The number of carbonyl (C=O) groups is 2. The summed E-state index contributed by atoms with van der Waals surface area (Å²) in [5.41, 5.74) is 0.864. The molecule has 0 bridgehead atoms. The summed E-state index contributed by atoms with van der Waals surface area (Å²) in [5, 5.41) is 12.3. The van der Waals surface area contributed by atoms with Gasteiger partial charge in [-0.25, -0.2) is 4.79 Å². The molecule has 1 aromatic rings. The Hall–Kier alpha value is -2.04. The van der Waals surface area contributed by atoms with E-state index in [1.807, 2.05) is 0 Å². The van der Waals surface area contributed by atoms with Crippen molar-refractivity contribution < 1.29 is 19.4 Å². The van der Waals surface area contributed by atoms with Gasteiger partial charge in [0.25, 0.3) is 0 Å². The third-order valence-corrected chi connectivity index (χ3v) is 6.29. The van der Waals surface area contributed by atoms with E-state index in [1.54, 1.807) is 31.2 Å². The first-order valence-electron chi connectivity index (χ1n) is 13.8. The van der Waals surface area contributed by atoms with Crippen LogP contribution in [0.4, 0.5) is 0 Å². The summed E-state index contributed by atoms with van der Waals surface area (Å²) in [6.07, 6.45) is 20.2.